The molecule has 0 bridgehead atoms. The number of morpholine rings is 1. The fourth-order valence-electron chi connectivity index (χ4n) is 3.37. The molecule has 5 nitrogen and oxygen atoms in total. The third-order valence-electron chi connectivity index (χ3n) is 4.86. The normalized spacial score (nSPS) is 14.2. The number of aromatic nitrogens is 1. The van der Waals surface area contributed by atoms with Crippen LogP contribution < -0.4 is 4.74 Å². The summed E-state index contributed by atoms with van der Waals surface area (Å²) in [6, 6.07) is 16.0. The average molecular weight is 409 g/mol. The van der Waals surface area contributed by atoms with E-state index in [9.17, 15) is 4.79 Å². The summed E-state index contributed by atoms with van der Waals surface area (Å²) in [5.41, 5.74) is 2.64. The number of carbonyl (C=O) groups is 1. The zero-order valence-corrected chi connectivity index (χ0v) is 17.3. The summed E-state index contributed by atoms with van der Waals surface area (Å²) in [5, 5.41) is 0.960. The van der Waals surface area contributed by atoms with Crippen LogP contribution in [0.25, 0.3) is 10.9 Å². The van der Waals surface area contributed by atoms with Gasteiger partial charge in [-0.25, -0.2) is 0 Å². The number of thioether (sulfide) groups is 1. The zero-order valence-electron chi connectivity index (χ0n) is 16.5. The van der Waals surface area contributed by atoms with E-state index in [1.165, 1.54) is 0 Å². The van der Waals surface area contributed by atoms with Gasteiger partial charge in [0.05, 0.1) is 24.3 Å². The molecule has 2 aromatic carbocycles. The Kier molecular flexibility index (Phi) is 6.32. The van der Waals surface area contributed by atoms with Gasteiger partial charge in [0.15, 0.2) is 0 Å². The highest BCUT2D eigenvalue weighted by atomic mass is 32.2. The largest absolute Gasteiger partial charge is 0.489 e. The van der Waals surface area contributed by atoms with Crippen LogP contribution in [0.15, 0.2) is 59.6 Å². The van der Waals surface area contributed by atoms with Gasteiger partial charge in [0.25, 0.3) is 5.91 Å². The van der Waals surface area contributed by atoms with Gasteiger partial charge < -0.3 is 14.4 Å². The second kappa shape index (κ2) is 9.29. The van der Waals surface area contributed by atoms with Crippen LogP contribution in [-0.2, 0) is 11.3 Å². The molecule has 4 rings (SSSR count). The summed E-state index contributed by atoms with van der Waals surface area (Å²) in [7, 11) is 0. The third kappa shape index (κ3) is 4.54. The summed E-state index contributed by atoms with van der Waals surface area (Å²) < 4.78 is 11.4. The number of pyridine rings is 1. The number of rotatable bonds is 6. The predicted octanol–water partition coefficient (Wildman–Crippen LogP) is 4.40. The predicted molar refractivity (Wildman–Crippen MR) is 116 cm³/mol. The molecule has 3 aromatic rings. The molecule has 6 heteroatoms. The quantitative estimate of drug-likeness (QED) is 0.566. The molecule has 1 saturated heterocycles. The lowest BCUT2D eigenvalue weighted by atomic mass is 10.1. The number of amides is 1. The Morgan fingerprint density at radius 1 is 1.17 bits per heavy atom. The van der Waals surface area contributed by atoms with Crippen molar-refractivity contribution in [3.8, 4) is 5.75 Å². The molecule has 1 fully saturated rings. The molecule has 0 aliphatic carbocycles. The summed E-state index contributed by atoms with van der Waals surface area (Å²) in [5.74, 6) is 1.67. The fourth-order valence-corrected chi connectivity index (χ4v) is 4.27. The van der Waals surface area contributed by atoms with Crippen molar-refractivity contribution in [2.24, 2.45) is 0 Å². The van der Waals surface area contributed by atoms with Crippen LogP contribution in [0.4, 0.5) is 0 Å². The first-order valence-electron chi connectivity index (χ1n) is 9.85. The van der Waals surface area contributed by atoms with Gasteiger partial charge in [0.2, 0.25) is 0 Å². The Morgan fingerprint density at radius 2 is 1.97 bits per heavy atom. The van der Waals surface area contributed by atoms with E-state index < -0.39 is 0 Å². The maximum Gasteiger partial charge on any atom is 0.256 e. The first kappa shape index (κ1) is 19.7. The van der Waals surface area contributed by atoms with Crippen LogP contribution in [0, 0.1) is 0 Å². The molecule has 1 aromatic heterocycles. The van der Waals surface area contributed by atoms with Crippen LogP contribution in [0.3, 0.4) is 0 Å². The lowest BCUT2D eigenvalue weighted by Crippen LogP contribution is -2.40. The third-order valence-corrected chi connectivity index (χ3v) is 5.87. The molecule has 29 heavy (non-hydrogen) atoms. The summed E-state index contributed by atoms with van der Waals surface area (Å²) in [6.07, 6.45) is 1.71. The molecule has 0 spiro atoms. The minimum Gasteiger partial charge on any atom is -0.489 e. The molecule has 0 N–H and O–H groups in total. The van der Waals surface area contributed by atoms with Crippen LogP contribution in [0.2, 0.25) is 0 Å². The average Bonchev–Trinajstić information content (AvgIpc) is 2.79. The summed E-state index contributed by atoms with van der Waals surface area (Å²) >= 11 is 1.67. The van der Waals surface area contributed by atoms with Crippen LogP contribution in [0.1, 0.15) is 22.8 Å². The minimum absolute atomic E-state index is 0.0225. The standard InChI is InChI=1S/C23H24N2O3S/c1-2-29-22-19-14-18(28-16-17-6-4-3-5-7-17)8-9-21(19)24-15-20(22)23(26)25-10-12-27-13-11-25/h3-9,14-15H,2,10-13,16H2,1H3. The summed E-state index contributed by atoms with van der Waals surface area (Å²) in [6.45, 7) is 5.00. The van der Waals surface area contributed by atoms with Gasteiger partial charge in [-0.3, -0.25) is 9.78 Å². The Balaban J connectivity index is 1.66. The molecule has 0 saturated carbocycles. The van der Waals surface area contributed by atoms with Crippen LogP contribution in [-0.4, -0.2) is 47.8 Å². The van der Waals surface area contributed by atoms with E-state index in [4.69, 9.17) is 9.47 Å². The second-order valence-corrected chi connectivity index (χ2v) is 8.07. The molecule has 1 aliphatic rings. The van der Waals surface area contributed by atoms with Gasteiger partial charge in [-0.1, -0.05) is 37.3 Å². The molecular weight excluding hydrogens is 384 g/mol. The van der Waals surface area contributed by atoms with Crippen molar-refractivity contribution in [2.75, 3.05) is 32.1 Å². The van der Waals surface area contributed by atoms with Gasteiger partial charge in [-0.05, 0) is 29.5 Å². The SMILES string of the molecule is CCSc1c(C(=O)N2CCOCC2)cnc2ccc(OCc3ccccc3)cc12. The van der Waals surface area contributed by atoms with Crippen LogP contribution in [0.5, 0.6) is 5.75 Å². The summed E-state index contributed by atoms with van der Waals surface area (Å²) in [4.78, 5) is 20.5. The molecule has 150 valence electrons. The number of nitrogens with zero attached hydrogens (tertiary/aromatic N) is 2. The van der Waals surface area contributed by atoms with Gasteiger partial charge in [-0.2, -0.15) is 0 Å². The monoisotopic (exact) mass is 408 g/mol. The Labute approximate surface area is 175 Å². The van der Waals surface area contributed by atoms with E-state index in [1.54, 1.807) is 18.0 Å². The molecule has 1 amide bonds. The van der Waals surface area contributed by atoms with E-state index in [1.807, 2.05) is 53.4 Å². The lowest BCUT2D eigenvalue weighted by molar-refractivity contribution is 0.0300. The molecular formula is C23H24N2O3S. The van der Waals surface area contributed by atoms with Crippen molar-refractivity contribution in [1.29, 1.82) is 0 Å². The fraction of sp³-hybridized carbons (Fsp3) is 0.304. The smallest absolute Gasteiger partial charge is 0.256 e. The second-order valence-electron chi connectivity index (χ2n) is 6.79. The maximum atomic E-state index is 13.1. The number of hydrogen-bond donors (Lipinski definition) is 0. The number of hydrogen-bond acceptors (Lipinski definition) is 5. The van der Waals surface area contributed by atoms with Crippen molar-refractivity contribution in [3.63, 3.8) is 0 Å². The highest BCUT2D eigenvalue weighted by Crippen LogP contribution is 2.33. The van der Waals surface area contributed by atoms with E-state index in [2.05, 4.69) is 11.9 Å². The Morgan fingerprint density at radius 3 is 2.72 bits per heavy atom. The van der Waals surface area contributed by atoms with E-state index >= 15 is 0 Å². The van der Waals surface area contributed by atoms with Gasteiger partial charge in [-0.15, -0.1) is 11.8 Å². The van der Waals surface area contributed by atoms with Gasteiger partial charge >= 0.3 is 0 Å². The molecule has 1 aliphatic heterocycles. The van der Waals surface area contributed by atoms with Crippen molar-refractivity contribution in [3.05, 3.63) is 65.9 Å². The first-order valence-corrected chi connectivity index (χ1v) is 10.8. The topological polar surface area (TPSA) is 51.7 Å². The van der Waals surface area contributed by atoms with Crippen molar-refractivity contribution >= 4 is 28.6 Å². The molecule has 2 heterocycles. The molecule has 0 atom stereocenters. The van der Waals surface area contributed by atoms with Crippen LogP contribution >= 0.6 is 11.8 Å². The first-order chi connectivity index (χ1) is 14.3. The van der Waals surface area contributed by atoms with Crippen molar-refractivity contribution in [1.82, 2.24) is 9.88 Å². The number of benzene rings is 2. The molecule has 0 unspecified atom stereocenters. The number of fused-ring (bicyclic) bond motifs is 1. The maximum absolute atomic E-state index is 13.1. The molecule has 0 radical (unpaired) electrons. The Bertz CT molecular complexity index is 988. The Hall–Kier alpha value is -2.57. The van der Waals surface area contributed by atoms with E-state index in [0.717, 1.165) is 32.9 Å². The van der Waals surface area contributed by atoms with E-state index in [-0.39, 0.29) is 5.91 Å². The number of carbonyl (C=O) groups excluding carboxylic acids is 1. The zero-order chi connectivity index (χ0) is 20.1. The van der Waals surface area contributed by atoms with Gasteiger partial charge in [0.1, 0.15) is 12.4 Å². The highest BCUT2D eigenvalue weighted by Gasteiger charge is 2.23. The van der Waals surface area contributed by atoms with E-state index in [0.29, 0.717) is 38.5 Å². The lowest BCUT2D eigenvalue weighted by Gasteiger charge is -2.27. The van der Waals surface area contributed by atoms with Crippen molar-refractivity contribution < 1.29 is 14.3 Å². The minimum atomic E-state index is 0.0225. The highest BCUT2D eigenvalue weighted by molar-refractivity contribution is 7.99. The number of ether oxygens (including phenoxy) is 2. The van der Waals surface area contributed by atoms with Crippen molar-refractivity contribution in [2.45, 2.75) is 18.4 Å². The van der Waals surface area contributed by atoms with Gasteiger partial charge in [0, 0.05) is 29.6 Å².